The van der Waals surface area contributed by atoms with E-state index >= 15 is 0 Å². The van der Waals surface area contributed by atoms with Gasteiger partial charge in [-0.25, -0.2) is 9.98 Å². The Morgan fingerprint density at radius 1 is 1.11 bits per heavy atom. The Balaban J connectivity index is 1.71. The minimum atomic E-state index is 0.355. The fraction of sp³-hybridized carbons (Fsp3) is 0.261. The summed E-state index contributed by atoms with van der Waals surface area (Å²) in [5, 5.41) is 16.4. The van der Waals surface area contributed by atoms with E-state index in [0.717, 1.165) is 35.4 Å². The molecule has 0 radical (unpaired) electrons. The molecule has 4 rings (SSSR count). The molecule has 140 valence electrons. The summed E-state index contributed by atoms with van der Waals surface area (Å²) in [6.45, 7) is 1.97. The van der Waals surface area contributed by atoms with Gasteiger partial charge >= 0.3 is 0 Å². The second kappa shape index (κ2) is 8.10. The first-order valence-corrected chi connectivity index (χ1v) is 9.70. The first-order valence-electron chi connectivity index (χ1n) is 9.70. The number of hydrogen-bond donors (Lipinski definition) is 2. The van der Waals surface area contributed by atoms with Crippen molar-refractivity contribution in [2.75, 3.05) is 0 Å². The van der Waals surface area contributed by atoms with E-state index in [9.17, 15) is 5.26 Å². The molecule has 2 N–H and O–H groups in total. The van der Waals surface area contributed by atoms with Gasteiger partial charge in [0.1, 0.15) is 11.6 Å². The van der Waals surface area contributed by atoms with Crippen molar-refractivity contribution in [1.82, 2.24) is 15.6 Å². The lowest BCUT2D eigenvalue weighted by atomic mass is 10.0. The van der Waals surface area contributed by atoms with Gasteiger partial charge in [-0.1, -0.05) is 49.2 Å². The van der Waals surface area contributed by atoms with Crippen LogP contribution < -0.4 is 10.6 Å². The molecule has 1 fully saturated rings. The maximum Gasteiger partial charge on any atom is 0.200 e. The fourth-order valence-electron chi connectivity index (χ4n) is 3.63. The van der Waals surface area contributed by atoms with Gasteiger partial charge in [-0.15, -0.1) is 0 Å². The third-order valence-electron chi connectivity index (χ3n) is 5.14. The van der Waals surface area contributed by atoms with Gasteiger partial charge in [0.2, 0.25) is 0 Å². The van der Waals surface area contributed by atoms with Gasteiger partial charge in [0.25, 0.3) is 0 Å². The van der Waals surface area contributed by atoms with E-state index < -0.39 is 0 Å². The highest BCUT2D eigenvalue weighted by molar-refractivity contribution is 5.91. The van der Waals surface area contributed by atoms with Crippen molar-refractivity contribution in [1.29, 1.82) is 5.26 Å². The normalized spacial score (nSPS) is 20.1. The number of nitriles is 1. The quantitative estimate of drug-likeness (QED) is 0.788. The van der Waals surface area contributed by atoms with Crippen molar-refractivity contribution in [3.05, 3.63) is 71.7 Å². The molecule has 1 aromatic heterocycles. The van der Waals surface area contributed by atoms with Gasteiger partial charge in [0, 0.05) is 11.8 Å². The minimum absolute atomic E-state index is 0.355. The predicted octanol–water partition coefficient (Wildman–Crippen LogP) is 4.38. The molecule has 0 spiro atoms. The number of aromatic nitrogens is 1. The molecule has 5 heteroatoms. The molecule has 1 aliphatic heterocycles. The maximum absolute atomic E-state index is 9.91. The van der Waals surface area contributed by atoms with Gasteiger partial charge < -0.3 is 10.6 Å². The molecule has 1 aromatic carbocycles. The van der Waals surface area contributed by atoms with Crippen LogP contribution in [0, 0.1) is 11.3 Å². The zero-order valence-corrected chi connectivity index (χ0v) is 15.9. The Bertz CT molecular complexity index is 989. The SMILES string of the molecule is CC1=CNC(=NC2CCCC2)NC1=C(C#N)c1cccc(-c2ccccc2)n1. The highest BCUT2D eigenvalue weighted by Gasteiger charge is 2.20. The van der Waals surface area contributed by atoms with Crippen LogP contribution in [0.5, 0.6) is 0 Å². The van der Waals surface area contributed by atoms with Gasteiger partial charge in [0.15, 0.2) is 5.96 Å². The smallest absolute Gasteiger partial charge is 0.200 e. The van der Waals surface area contributed by atoms with Crippen molar-refractivity contribution in [2.24, 2.45) is 4.99 Å². The van der Waals surface area contributed by atoms with E-state index in [-0.39, 0.29) is 0 Å². The molecule has 1 aliphatic carbocycles. The summed E-state index contributed by atoms with van der Waals surface area (Å²) in [5.74, 6) is 0.708. The zero-order chi connectivity index (χ0) is 19.3. The molecule has 2 aromatic rings. The van der Waals surface area contributed by atoms with Crippen LogP contribution in [0.3, 0.4) is 0 Å². The molecule has 0 saturated heterocycles. The summed E-state index contributed by atoms with van der Waals surface area (Å²) in [5.41, 5.74) is 4.76. The van der Waals surface area contributed by atoms with Crippen molar-refractivity contribution in [2.45, 2.75) is 38.6 Å². The Labute approximate surface area is 165 Å². The standard InChI is InChI=1S/C23H23N5/c1-16-15-25-23(26-18-10-5-6-11-18)28-22(16)19(14-24)21-13-7-12-20(27-21)17-8-3-2-4-9-17/h2-4,7-9,12-13,15,18H,5-6,10-11H2,1H3,(H2,25,26,28). The van der Waals surface area contributed by atoms with Crippen LogP contribution in [0.25, 0.3) is 16.8 Å². The number of pyridine rings is 1. The molecule has 5 nitrogen and oxygen atoms in total. The Morgan fingerprint density at radius 3 is 2.64 bits per heavy atom. The fourth-order valence-corrected chi connectivity index (χ4v) is 3.63. The molecular weight excluding hydrogens is 346 g/mol. The summed E-state index contributed by atoms with van der Waals surface area (Å²) in [4.78, 5) is 9.53. The summed E-state index contributed by atoms with van der Waals surface area (Å²) in [6.07, 6.45) is 6.62. The van der Waals surface area contributed by atoms with E-state index in [0.29, 0.717) is 23.3 Å². The molecule has 0 atom stereocenters. The van der Waals surface area contributed by atoms with Crippen molar-refractivity contribution in [3.8, 4) is 17.3 Å². The van der Waals surface area contributed by atoms with E-state index in [1.54, 1.807) is 0 Å². The molecular formula is C23H23N5. The molecule has 1 saturated carbocycles. The van der Waals surface area contributed by atoms with Crippen LogP contribution in [0.2, 0.25) is 0 Å². The Morgan fingerprint density at radius 2 is 1.89 bits per heavy atom. The molecule has 0 unspecified atom stereocenters. The Hall–Kier alpha value is -3.39. The minimum Gasteiger partial charge on any atom is -0.332 e. The maximum atomic E-state index is 9.91. The molecule has 0 amide bonds. The lowest BCUT2D eigenvalue weighted by Crippen LogP contribution is -2.39. The van der Waals surface area contributed by atoms with Crippen molar-refractivity contribution in [3.63, 3.8) is 0 Å². The van der Waals surface area contributed by atoms with Crippen LogP contribution in [0.1, 0.15) is 38.3 Å². The first kappa shape index (κ1) is 18.0. The van der Waals surface area contributed by atoms with Gasteiger partial charge in [0.05, 0.1) is 23.1 Å². The number of benzene rings is 1. The largest absolute Gasteiger partial charge is 0.332 e. The third-order valence-corrected chi connectivity index (χ3v) is 5.14. The topological polar surface area (TPSA) is 73.1 Å². The molecule has 2 heterocycles. The number of rotatable bonds is 3. The summed E-state index contributed by atoms with van der Waals surface area (Å²) in [7, 11) is 0. The van der Waals surface area contributed by atoms with Gasteiger partial charge in [-0.05, 0) is 37.5 Å². The van der Waals surface area contributed by atoms with Gasteiger partial charge in [-0.3, -0.25) is 0 Å². The number of hydrogen-bond acceptors (Lipinski definition) is 3. The van der Waals surface area contributed by atoms with E-state index in [1.807, 2.05) is 61.7 Å². The summed E-state index contributed by atoms with van der Waals surface area (Å²) in [6, 6.07) is 18.5. The Kier molecular flexibility index (Phi) is 5.20. The number of guanidine groups is 1. The van der Waals surface area contributed by atoms with E-state index in [1.165, 1.54) is 12.8 Å². The molecule has 28 heavy (non-hydrogen) atoms. The number of allylic oxidation sites excluding steroid dienone is 2. The average Bonchev–Trinajstić information content (AvgIpc) is 3.25. The lowest BCUT2D eigenvalue weighted by Gasteiger charge is -2.22. The van der Waals surface area contributed by atoms with Crippen molar-refractivity contribution < 1.29 is 0 Å². The second-order valence-corrected chi connectivity index (χ2v) is 7.15. The average molecular weight is 369 g/mol. The number of nitrogens with one attached hydrogen (secondary N) is 2. The van der Waals surface area contributed by atoms with Crippen LogP contribution in [0.15, 0.2) is 71.0 Å². The first-order chi connectivity index (χ1) is 13.7. The third kappa shape index (κ3) is 3.81. The van der Waals surface area contributed by atoms with E-state index in [4.69, 9.17) is 9.98 Å². The monoisotopic (exact) mass is 369 g/mol. The number of aliphatic imine (C=N–C) groups is 1. The molecule has 0 bridgehead atoms. The summed E-state index contributed by atoms with van der Waals surface area (Å²) < 4.78 is 0. The van der Waals surface area contributed by atoms with Crippen LogP contribution in [-0.4, -0.2) is 17.0 Å². The van der Waals surface area contributed by atoms with Crippen LogP contribution >= 0.6 is 0 Å². The van der Waals surface area contributed by atoms with Crippen LogP contribution in [-0.2, 0) is 0 Å². The predicted molar refractivity (Wildman–Crippen MR) is 112 cm³/mol. The highest BCUT2D eigenvalue weighted by Crippen LogP contribution is 2.25. The zero-order valence-electron chi connectivity index (χ0n) is 15.9. The summed E-state index contributed by atoms with van der Waals surface area (Å²) >= 11 is 0. The molecule has 2 aliphatic rings. The van der Waals surface area contributed by atoms with Crippen LogP contribution in [0.4, 0.5) is 0 Å². The van der Waals surface area contributed by atoms with Crippen molar-refractivity contribution >= 4 is 11.5 Å². The lowest BCUT2D eigenvalue weighted by molar-refractivity contribution is 0.696. The number of nitrogens with zero attached hydrogens (tertiary/aromatic N) is 3. The second-order valence-electron chi connectivity index (χ2n) is 7.15. The van der Waals surface area contributed by atoms with Gasteiger partial charge in [-0.2, -0.15) is 5.26 Å². The van der Waals surface area contributed by atoms with E-state index in [2.05, 4.69) is 16.7 Å². The highest BCUT2D eigenvalue weighted by atomic mass is 15.2.